The predicted molar refractivity (Wildman–Crippen MR) is 75.1 cm³/mol. The van der Waals surface area contributed by atoms with E-state index in [-0.39, 0.29) is 5.91 Å². The number of nitrogens with one attached hydrogen (secondary N) is 1. The quantitative estimate of drug-likeness (QED) is 0.866. The Morgan fingerprint density at radius 1 is 1.44 bits per heavy atom. The fourth-order valence-corrected chi connectivity index (χ4v) is 2.28. The lowest BCUT2D eigenvalue weighted by atomic mass is 10.1. The average Bonchev–Trinajstić information content (AvgIpc) is 3.19. The van der Waals surface area contributed by atoms with Crippen LogP contribution in [0, 0.1) is 6.92 Å². The third-order valence-corrected chi connectivity index (χ3v) is 3.39. The first-order valence-electron chi connectivity index (χ1n) is 6.76. The number of carbonyl (C=O) groups excluding carboxylic acids is 1. The predicted octanol–water partition coefficient (Wildman–Crippen LogP) is 3.05. The molecule has 3 heteroatoms. The van der Waals surface area contributed by atoms with E-state index in [2.05, 4.69) is 12.2 Å². The Hall–Kier alpha value is -1.51. The van der Waals surface area contributed by atoms with Gasteiger partial charge in [-0.25, -0.2) is 0 Å². The largest absolute Gasteiger partial charge is 0.387 e. The number of rotatable bonds is 5. The maximum atomic E-state index is 12.6. The van der Waals surface area contributed by atoms with Gasteiger partial charge in [-0.15, -0.1) is 0 Å². The summed E-state index contributed by atoms with van der Waals surface area (Å²) in [4.78, 5) is 14.7. The van der Waals surface area contributed by atoms with Crippen LogP contribution in [-0.2, 0) is 0 Å². The van der Waals surface area contributed by atoms with Gasteiger partial charge in [0.05, 0.1) is 5.56 Å². The minimum Gasteiger partial charge on any atom is -0.387 e. The summed E-state index contributed by atoms with van der Waals surface area (Å²) in [5, 5.41) is 3.11. The molecule has 1 N–H and O–H groups in total. The average molecular weight is 246 g/mol. The molecule has 0 heterocycles. The van der Waals surface area contributed by atoms with E-state index in [1.54, 1.807) is 0 Å². The van der Waals surface area contributed by atoms with Crippen LogP contribution >= 0.6 is 0 Å². The van der Waals surface area contributed by atoms with E-state index in [1.807, 2.05) is 37.1 Å². The standard InChI is InChI=1S/C15H22N2O/c1-4-9-17(12-6-7-12)15(18)13-10-11(2)5-8-14(13)16-3/h5,8,10,12,16H,4,6-7,9H2,1-3H3. The summed E-state index contributed by atoms with van der Waals surface area (Å²) >= 11 is 0. The fraction of sp³-hybridized carbons (Fsp3) is 0.533. The number of carbonyl (C=O) groups is 1. The molecule has 1 fully saturated rings. The van der Waals surface area contributed by atoms with E-state index in [9.17, 15) is 4.79 Å². The third kappa shape index (κ3) is 2.66. The molecule has 0 aromatic heterocycles. The maximum absolute atomic E-state index is 12.6. The summed E-state index contributed by atoms with van der Waals surface area (Å²) in [7, 11) is 1.86. The zero-order chi connectivity index (χ0) is 13.1. The summed E-state index contributed by atoms with van der Waals surface area (Å²) in [5.41, 5.74) is 2.86. The molecule has 18 heavy (non-hydrogen) atoms. The molecule has 0 aliphatic heterocycles. The van der Waals surface area contributed by atoms with Crippen molar-refractivity contribution in [3.63, 3.8) is 0 Å². The molecule has 0 atom stereocenters. The van der Waals surface area contributed by atoms with Crippen molar-refractivity contribution in [1.82, 2.24) is 4.90 Å². The zero-order valence-corrected chi connectivity index (χ0v) is 11.5. The van der Waals surface area contributed by atoms with Crippen molar-refractivity contribution < 1.29 is 4.79 Å². The molecule has 0 unspecified atom stereocenters. The van der Waals surface area contributed by atoms with Crippen LogP contribution in [0.15, 0.2) is 18.2 Å². The van der Waals surface area contributed by atoms with Crippen molar-refractivity contribution in [2.24, 2.45) is 0 Å². The maximum Gasteiger partial charge on any atom is 0.256 e. The van der Waals surface area contributed by atoms with Gasteiger partial charge < -0.3 is 10.2 Å². The number of hydrogen-bond acceptors (Lipinski definition) is 2. The van der Waals surface area contributed by atoms with Crippen LogP contribution in [0.4, 0.5) is 5.69 Å². The van der Waals surface area contributed by atoms with Gasteiger partial charge in [0.2, 0.25) is 0 Å². The molecule has 2 rings (SSSR count). The number of nitrogens with zero attached hydrogens (tertiary/aromatic N) is 1. The highest BCUT2D eigenvalue weighted by Gasteiger charge is 2.33. The summed E-state index contributed by atoms with van der Waals surface area (Å²) in [6.07, 6.45) is 3.34. The molecule has 3 nitrogen and oxygen atoms in total. The Bertz CT molecular complexity index is 438. The Kier molecular flexibility index (Phi) is 3.90. The van der Waals surface area contributed by atoms with Gasteiger partial charge in [0.1, 0.15) is 0 Å². The van der Waals surface area contributed by atoms with Crippen molar-refractivity contribution in [3.05, 3.63) is 29.3 Å². The highest BCUT2D eigenvalue weighted by atomic mass is 16.2. The Morgan fingerprint density at radius 3 is 2.72 bits per heavy atom. The Morgan fingerprint density at radius 2 is 2.17 bits per heavy atom. The molecule has 0 saturated heterocycles. The van der Waals surface area contributed by atoms with Crippen LogP contribution in [0.1, 0.15) is 42.1 Å². The zero-order valence-electron chi connectivity index (χ0n) is 11.5. The second-order valence-electron chi connectivity index (χ2n) is 5.03. The number of amides is 1. The highest BCUT2D eigenvalue weighted by molar-refractivity contribution is 6.00. The van der Waals surface area contributed by atoms with Crippen molar-refractivity contribution in [2.45, 2.75) is 39.2 Å². The SMILES string of the molecule is CCCN(C(=O)c1cc(C)ccc1NC)C1CC1. The van der Waals surface area contributed by atoms with E-state index in [0.717, 1.165) is 42.6 Å². The molecule has 1 aromatic carbocycles. The molecule has 1 aromatic rings. The summed E-state index contributed by atoms with van der Waals surface area (Å²) in [5.74, 6) is 0.174. The highest BCUT2D eigenvalue weighted by Crippen LogP contribution is 2.30. The van der Waals surface area contributed by atoms with Crippen LogP contribution in [0.5, 0.6) is 0 Å². The molecule has 98 valence electrons. The smallest absolute Gasteiger partial charge is 0.256 e. The molecule has 1 aliphatic carbocycles. The molecule has 1 aliphatic rings. The molecule has 0 spiro atoms. The number of benzene rings is 1. The van der Waals surface area contributed by atoms with Gasteiger partial charge in [-0.05, 0) is 38.3 Å². The van der Waals surface area contributed by atoms with Crippen LogP contribution in [0.2, 0.25) is 0 Å². The Labute approximate surface area is 109 Å². The van der Waals surface area contributed by atoms with Gasteiger partial charge in [-0.3, -0.25) is 4.79 Å². The van der Waals surface area contributed by atoms with Crippen molar-refractivity contribution in [2.75, 3.05) is 18.9 Å². The minimum atomic E-state index is 0.174. The number of hydrogen-bond donors (Lipinski definition) is 1. The molecule has 0 radical (unpaired) electrons. The number of aryl methyl sites for hydroxylation is 1. The second-order valence-corrected chi connectivity index (χ2v) is 5.03. The first-order valence-corrected chi connectivity index (χ1v) is 6.76. The van der Waals surface area contributed by atoms with Crippen molar-refractivity contribution in [1.29, 1.82) is 0 Å². The van der Waals surface area contributed by atoms with Crippen molar-refractivity contribution >= 4 is 11.6 Å². The normalized spacial score (nSPS) is 14.4. The molecule has 0 bridgehead atoms. The minimum absolute atomic E-state index is 0.174. The molecule has 1 amide bonds. The van der Waals surface area contributed by atoms with E-state index in [0.29, 0.717) is 6.04 Å². The molecule has 1 saturated carbocycles. The van der Waals surface area contributed by atoms with Crippen LogP contribution in [0.25, 0.3) is 0 Å². The van der Waals surface area contributed by atoms with Crippen LogP contribution in [0.3, 0.4) is 0 Å². The lowest BCUT2D eigenvalue weighted by Crippen LogP contribution is -2.34. The van der Waals surface area contributed by atoms with E-state index in [4.69, 9.17) is 0 Å². The summed E-state index contributed by atoms with van der Waals surface area (Å²) < 4.78 is 0. The third-order valence-electron chi connectivity index (χ3n) is 3.39. The molecular formula is C15H22N2O. The summed E-state index contributed by atoms with van der Waals surface area (Å²) in [6, 6.07) is 6.48. The Balaban J connectivity index is 2.28. The second kappa shape index (κ2) is 5.42. The van der Waals surface area contributed by atoms with Gasteiger partial charge in [0.15, 0.2) is 0 Å². The monoisotopic (exact) mass is 246 g/mol. The van der Waals surface area contributed by atoms with E-state index < -0.39 is 0 Å². The van der Waals surface area contributed by atoms with Crippen LogP contribution < -0.4 is 5.32 Å². The summed E-state index contributed by atoms with van der Waals surface area (Å²) in [6.45, 7) is 5.01. The van der Waals surface area contributed by atoms with Gasteiger partial charge in [-0.2, -0.15) is 0 Å². The first kappa shape index (κ1) is 12.9. The van der Waals surface area contributed by atoms with Gasteiger partial charge in [0.25, 0.3) is 5.91 Å². The topological polar surface area (TPSA) is 32.3 Å². The lowest BCUT2D eigenvalue weighted by molar-refractivity contribution is 0.0744. The van der Waals surface area contributed by atoms with Crippen LogP contribution in [-0.4, -0.2) is 30.4 Å². The van der Waals surface area contributed by atoms with Crippen molar-refractivity contribution in [3.8, 4) is 0 Å². The molecular weight excluding hydrogens is 224 g/mol. The van der Waals surface area contributed by atoms with E-state index >= 15 is 0 Å². The fourth-order valence-electron chi connectivity index (χ4n) is 2.28. The van der Waals surface area contributed by atoms with Gasteiger partial charge in [-0.1, -0.05) is 18.6 Å². The van der Waals surface area contributed by atoms with Gasteiger partial charge >= 0.3 is 0 Å². The lowest BCUT2D eigenvalue weighted by Gasteiger charge is -2.23. The van der Waals surface area contributed by atoms with Gasteiger partial charge in [0, 0.05) is 25.3 Å². The van der Waals surface area contributed by atoms with E-state index in [1.165, 1.54) is 0 Å². The first-order chi connectivity index (χ1) is 8.67. The number of anilines is 1.